The van der Waals surface area contributed by atoms with Crippen molar-refractivity contribution in [2.24, 2.45) is 20.4 Å². The minimum Gasteiger partial charge on any atom is -0.507 e. The fraction of sp³-hybridized carbons (Fsp3) is 0.263. The number of ether oxygens (including phenoxy) is 2. The van der Waals surface area contributed by atoms with Crippen molar-refractivity contribution in [2.75, 3.05) is 14.2 Å². The predicted molar refractivity (Wildman–Crippen MR) is 188 cm³/mol. The molecule has 0 saturated carbocycles. The number of phenolic OH excluding ortho intramolecular Hbond substituents is 2. The maximum atomic E-state index is 11.1. The number of methoxy groups -OCH3 is 2. The molecular formula is C38H42N4O4. The maximum Gasteiger partial charge on any atom is 0.128 e. The second kappa shape index (κ2) is 14.2. The molecule has 0 amide bonds. The monoisotopic (exact) mass is 618 g/mol. The first-order valence-corrected chi connectivity index (χ1v) is 15.0. The smallest absolute Gasteiger partial charge is 0.128 e. The van der Waals surface area contributed by atoms with Gasteiger partial charge >= 0.3 is 0 Å². The average molecular weight is 619 g/mol. The second-order valence-electron chi connectivity index (χ2n) is 12.8. The lowest BCUT2D eigenvalue weighted by molar-refractivity contribution is 0.405. The Hall–Kier alpha value is -5.24. The van der Waals surface area contributed by atoms with E-state index in [0.717, 1.165) is 22.3 Å². The van der Waals surface area contributed by atoms with Gasteiger partial charge in [-0.25, -0.2) is 0 Å². The molecule has 0 aliphatic rings. The van der Waals surface area contributed by atoms with Crippen molar-refractivity contribution in [3.05, 3.63) is 118 Å². The van der Waals surface area contributed by atoms with Gasteiger partial charge in [0.05, 0.1) is 26.6 Å². The van der Waals surface area contributed by atoms with Crippen LogP contribution in [0, 0.1) is 0 Å². The third kappa shape index (κ3) is 8.07. The molecule has 0 aliphatic carbocycles. The lowest BCUT2D eigenvalue weighted by atomic mass is 9.85. The molecule has 0 unspecified atom stereocenters. The summed E-state index contributed by atoms with van der Waals surface area (Å²) in [4.78, 5) is 0. The predicted octanol–water partition coefficient (Wildman–Crippen LogP) is 8.06. The van der Waals surface area contributed by atoms with Gasteiger partial charge in [0.25, 0.3) is 0 Å². The molecule has 0 spiro atoms. The lowest BCUT2D eigenvalue weighted by Crippen LogP contribution is -2.17. The van der Waals surface area contributed by atoms with E-state index in [2.05, 4.69) is 20.4 Å². The van der Waals surface area contributed by atoms with E-state index in [0.29, 0.717) is 34.0 Å². The first-order chi connectivity index (χ1) is 21.8. The molecule has 238 valence electrons. The second-order valence-corrected chi connectivity index (χ2v) is 12.8. The Kier molecular flexibility index (Phi) is 10.4. The van der Waals surface area contributed by atoms with E-state index in [9.17, 15) is 10.2 Å². The lowest BCUT2D eigenvalue weighted by Gasteiger charge is -2.22. The highest BCUT2D eigenvalue weighted by Crippen LogP contribution is 2.37. The highest BCUT2D eigenvalue weighted by molar-refractivity contribution is 6.53. The van der Waals surface area contributed by atoms with E-state index in [-0.39, 0.29) is 22.3 Å². The van der Waals surface area contributed by atoms with E-state index in [1.54, 1.807) is 26.4 Å². The fourth-order valence-corrected chi connectivity index (χ4v) is 4.81. The molecule has 4 aromatic carbocycles. The molecule has 4 aromatic rings. The summed E-state index contributed by atoms with van der Waals surface area (Å²) in [5, 5.41) is 40.3. The summed E-state index contributed by atoms with van der Waals surface area (Å²) in [5.74, 6) is 1.44. The summed E-state index contributed by atoms with van der Waals surface area (Å²) in [6.07, 6.45) is 3.01. The largest absolute Gasteiger partial charge is 0.507 e. The number of aromatic hydroxyl groups is 2. The average Bonchev–Trinajstić information content (AvgIpc) is 3.03. The molecule has 4 rings (SSSR count). The Balaban J connectivity index is 1.87. The Bertz CT molecular complexity index is 1650. The minimum atomic E-state index is -0.324. The van der Waals surface area contributed by atoms with Crippen LogP contribution in [-0.4, -0.2) is 48.3 Å². The maximum absolute atomic E-state index is 11.1. The van der Waals surface area contributed by atoms with E-state index in [4.69, 9.17) is 9.47 Å². The molecule has 0 radical (unpaired) electrons. The molecule has 2 N–H and O–H groups in total. The van der Waals surface area contributed by atoms with Gasteiger partial charge in [0, 0.05) is 33.4 Å². The third-order valence-electron chi connectivity index (χ3n) is 7.34. The zero-order valence-corrected chi connectivity index (χ0v) is 27.7. The molecule has 46 heavy (non-hydrogen) atoms. The molecule has 8 heteroatoms. The standard InChI is InChI=1S/C38H42N4O4/c1-37(2,3)31-21-29(45-7)19-27(35(31)43)23-39-41-33(25-15-11-9-12-16-25)34(26-17-13-10-14-18-26)42-40-24-28-20-30(46-8)22-32(36(28)44)38(4,5)6/h9-24,43-44H,1-8H3/b39-23+,40-24+,41-33+,42-34+. The number of nitrogens with zero attached hydrogens (tertiary/aromatic N) is 4. The van der Waals surface area contributed by atoms with Crippen molar-refractivity contribution < 1.29 is 19.7 Å². The molecule has 0 fully saturated rings. The van der Waals surface area contributed by atoms with Crippen LogP contribution in [0.4, 0.5) is 0 Å². The van der Waals surface area contributed by atoms with E-state index in [1.807, 2.05) is 114 Å². The van der Waals surface area contributed by atoms with Crippen LogP contribution in [0.2, 0.25) is 0 Å². The van der Waals surface area contributed by atoms with E-state index in [1.165, 1.54) is 12.4 Å². The first-order valence-electron chi connectivity index (χ1n) is 15.0. The molecule has 8 nitrogen and oxygen atoms in total. The number of phenols is 2. The summed E-state index contributed by atoms with van der Waals surface area (Å²) >= 11 is 0. The van der Waals surface area contributed by atoms with Gasteiger partial charge in [0.15, 0.2) is 0 Å². The zero-order chi connectivity index (χ0) is 33.5. The van der Waals surface area contributed by atoms with Crippen molar-refractivity contribution in [3.8, 4) is 23.0 Å². The van der Waals surface area contributed by atoms with Crippen LogP contribution in [0.5, 0.6) is 23.0 Å². The van der Waals surface area contributed by atoms with Gasteiger partial charge < -0.3 is 19.7 Å². The molecule has 0 bridgehead atoms. The Labute approximate surface area is 271 Å². The summed E-state index contributed by atoms with van der Waals surface area (Å²) in [7, 11) is 3.17. The summed E-state index contributed by atoms with van der Waals surface area (Å²) in [6.45, 7) is 12.1. The van der Waals surface area contributed by atoms with Crippen molar-refractivity contribution in [2.45, 2.75) is 52.4 Å². The van der Waals surface area contributed by atoms with Gasteiger partial charge in [0.1, 0.15) is 34.4 Å². The number of benzene rings is 4. The van der Waals surface area contributed by atoms with Gasteiger partial charge in [0.2, 0.25) is 0 Å². The van der Waals surface area contributed by atoms with Crippen LogP contribution in [-0.2, 0) is 10.8 Å². The van der Waals surface area contributed by atoms with Gasteiger partial charge in [-0.15, -0.1) is 10.2 Å². The molecule has 0 aromatic heterocycles. The van der Waals surface area contributed by atoms with Crippen LogP contribution in [0.3, 0.4) is 0 Å². The number of hydrogen-bond donors (Lipinski definition) is 2. The topological polar surface area (TPSA) is 108 Å². The fourth-order valence-electron chi connectivity index (χ4n) is 4.81. The quantitative estimate of drug-likeness (QED) is 0.146. The third-order valence-corrected chi connectivity index (χ3v) is 7.34. The minimum absolute atomic E-state index is 0.114. The van der Waals surface area contributed by atoms with Crippen LogP contribution in [0.15, 0.2) is 105 Å². The Morgan fingerprint density at radius 1 is 0.565 bits per heavy atom. The summed E-state index contributed by atoms with van der Waals surface area (Å²) in [5.41, 5.74) is 4.22. The normalized spacial score (nSPS) is 13.0. The summed E-state index contributed by atoms with van der Waals surface area (Å²) in [6, 6.07) is 26.2. The van der Waals surface area contributed by atoms with Gasteiger partial charge in [-0.3, -0.25) is 0 Å². The number of hydrogen-bond acceptors (Lipinski definition) is 8. The van der Waals surface area contributed by atoms with E-state index < -0.39 is 0 Å². The van der Waals surface area contributed by atoms with Crippen LogP contribution >= 0.6 is 0 Å². The SMILES string of the molecule is COc1cc(/C=N/N=C(/C(=N/N=C/c2cc(OC)cc(C(C)(C)C)c2O)c2ccccc2)c2ccccc2)c(O)c(C(C)(C)C)c1. The van der Waals surface area contributed by atoms with E-state index >= 15 is 0 Å². The Morgan fingerprint density at radius 2 is 0.913 bits per heavy atom. The highest BCUT2D eigenvalue weighted by Gasteiger charge is 2.23. The Morgan fingerprint density at radius 3 is 1.22 bits per heavy atom. The van der Waals surface area contributed by atoms with Crippen LogP contribution in [0.1, 0.15) is 74.9 Å². The van der Waals surface area contributed by atoms with Crippen molar-refractivity contribution in [1.82, 2.24) is 0 Å². The van der Waals surface area contributed by atoms with Gasteiger partial charge in [-0.2, -0.15) is 10.2 Å². The highest BCUT2D eigenvalue weighted by atomic mass is 16.5. The number of rotatable bonds is 9. The van der Waals surface area contributed by atoms with Crippen LogP contribution < -0.4 is 9.47 Å². The summed E-state index contributed by atoms with van der Waals surface area (Å²) < 4.78 is 11.0. The van der Waals surface area contributed by atoms with Crippen molar-refractivity contribution >= 4 is 23.9 Å². The zero-order valence-electron chi connectivity index (χ0n) is 27.7. The van der Waals surface area contributed by atoms with Gasteiger partial charge in [-0.1, -0.05) is 102 Å². The molecule has 0 heterocycles. The first kappa shape index (κ1) is 33.6. The van der Waals surface area contributed by atoms with Crippen molar-refractivity contribution in [3.63, 3.8) is 0 Å². The van der Waals surface area contributed by atoms with Crippen molar-refractivity contribution in [1.29, 1.82) is 0 Å². The van der Waals surface area contributed by atoms with Gasteiger partial charge in [-0.05, 0) is 35.1 Å². The molecule has 0 atom stereocenters. The molecular weight excluding hydrogens is 576 g/mol. The molecule has 0 saturated heterocycles. The molecule has 0 aliphatic heterocycles. The van der Waals surface area contributed by atoms with Crippen LogP contribution in [0.25, 0.3) is 0 Å².